The molecule has 1 fully saturated rings. The van der Waals surface area contributed by atoms with Crippen LogP contribution in [0.25, 0.3) is 11.0 Å². The molecule has 0 atom stereocenters. The van der Waals surface area contributed by atoms with Gasteiger partial charge in [-0.15, -0.1) is 0 Å². The molecular weight excluding hydrogens is 316 g/mol. The van der Waals surface area contributed by atoms with Crippen LogP contribution in [0.1, 0.15) is 31.7 Å². The van der Waals surface area contributed by atoms with E-state index in [9.17, 15) is 4.79 Å². The lowest BCUT2D eigenvalue weighted by atomic mass is 9.96. The average Bonchev–Trinajstić information content (AvgIpc) is 3.04. The maximum absolute atomic E-state index is 12.3. The van der Waals surface area contributed by atoms with Gasteiger partial charge >= 0.3 is 0 Å². The van der Waals surface area contributed by atoms with Crippen molar-refractivity contribution in [3.8, 4) is 0 Å². The predicted molar refractivity (Wildman–Crippen MR) is 99.9 cm³/mol. The lowest BCUT2D eigenvalue weighted by Crippen LogP contribution is -2.41. The summed E-state index contributed by atoms with van der Waals surface area (Å²) in [4.78, 5) is 22.6. The van der Waals surface area contributed by atoms with Crippen LogP contribution in [0.5, 0.6) is 0 Å². The van der Waals surface area contributed by atoms with E-state index in [1.54, 1.807) is 0 Å². The van der Waals surface area contributed by atoms with Crippen LogP contribution < -0.4 is 10.2 Å². The van der Waals surface area contributed by atoms with E-state index in [0.717, 1.165) is 55.9 Å². The number of amides is 1. The van der Waals surface area contributed by atoms with E-state index < -0.39 is 0 Å². The van der Waals surface area contributed by atoms with Crippen molar-refractivity contribution in [3.05, 3.63) is 23.8 Å². The van der Waals surface area contributed by atoms with Gasteiger partial charge in [-0.1, -0.05) is 6.07 Å². The van der Waals surface area contributed by atoms with E-state index in [1.165, 1.54) is 5.56 Å². The predicted octanol–water partition coefficient (Wildman–Crippen LogP) is 2.63. The number of carbonyl (C=O) groups is 1. The molecule has 1 saturated heterocycles. The van der Waals surface area contributed by atoms with Crippen molar-refractivity contribution in [2.75, 3.05) is 37.7 Å². The molecule has 3 rings (SSSR count). The normalized spacial score (nSPS) is 15.7. The fourth-order valence-electron chi connectivity index (χ4n) is 3.29. The van der Waals surface area contributed by atoms with Crippen LogP contribution in [0.4, 0.5) is 5.95 Å². The summed E-state index contributed by atoms with van der Waals surface area (Å²) in [6, 6.07) is 6.25. The van der Waals surface area contributed by atoms with Gasteiger partial charge in [0.05, 0.1) is 11.0 Å². The Kier molecular flexibility index (Phi) is 5.91. The van der Waals surface area contributed by atoms with Gasteiger partial charge in [-0.3, -0.25) is 4.79 Å². The molecule has 1 aromatic carbocycles. The summed E-state index contributed by atoms with van der Waals surface area (Å²) in [5.74, 6) is 1.20. The molecule has 2 aromatic rings. The summed E-state index contributed by atoms with van der Waals surface area (Å²) in [6.45, 7) is 7.91. The molecule has 0 bridgehead atoms. The lowest BCUT2D eigenvalue weighted by molar-refractivity contribution is -0.125. The van der Waals surface area contributed by atoms with Crippen LogP contribution in [0.2, 0.25) is 0 Å². The molecule has 136 valence electrons. The van der Waals surface area contributed by atoms with Crippen LogP contribution >= 0.6 is 0 Å². The molecule has 1 aliphatic rings. The molecular formula is C19H28N4O2. The highest BCUT2D eigenvalue weighted by molar-refractivity contribution is 5.80. The summed E-state index contributed by atoms with van der Waals surface area (Å²) in [7, 11) is 0. The van der Waals surface area contributed by atoms with Gasteiger partial charge in [-0.05, 0) is 50.8 Å². The topological polar surface area (TPSA) is 70.2 Å². The first-order chi connectivity index (χ1) is 12.2. The highest BCUT2D eigenvalue weighted by Crippen LogP contribution is 2.24. The Hall–Kier alpha value is -2.08. The molecule has 1 amide bonds. The molecule has 0 unspecified atom stereocenters. The highest BCUT2D eigenvalue weighted by atomic mass is 16.5. The first-order valence-electron chi connectivity index (χ1n) is 9.24. The van der Waals surface area contributed by atoms with Crippen molar-refractivity contribution in [1.29, 1.82) is 0 Å². The van der Waals surface area contributed by atoms with E-state index >= 15 is 0 Å². The van der Waals surface area contributed by atoms with Gasteiger partial charge < -0.3 is 19.9 Å². The van der Waals surface area contributed by atoms with E-state index in [2.05, 4.69) is 39.2 Å². The van der Waals surface area contributed by atoms with Crippen molar-refractivity contribution in [2.24, 2.45) is 5.92 Å². The number of aryl methyl sites for hydroxylation is 1. The van der Waals surface area contributed by atoms with Crippen molar-refractivity contribution >= 4 is 22.9 Å². The third-order valence-electron chi connectivity index (χ3n) is 4.76. The van der Waals surface area contributed by atoms with Crippen molar-refractivity contribution in [3.63, 3.8) is 0 Å². The first-order valence-corrected chi connectivity index (χ1v) is 9.24. The fraction of sp³-hybridized carbons (Fsp3) is 0.579. The second-order valence-electron chi connectivity index (χ2n) is 6.68. The molecule has 0 radical (unpaired) electrons. The lowest BCUT2D eigenvalue weighted by Gasteiger charge is -2.31. The number of benzene rings is 1. The van der Waals surface area contributed by atoms with Crippen molar-refractivity contribution in [1.82, 2.24) is 15.3 Å². The minimum Gasteiger partial charge on any atom is -0.382 e. The largest absolute Gasteiger partial charge is 0.382 e. The number of piperidine rings is 1. The smallest absolute Gasteiger partial charge is 0.223 e. The Balaban J connectivity index is 1.48. The molecule has 2 N–H and O–H groups in total. The number of rotatable bonds is 7. The third-order valence-corrected chi connectivity index (χ3v) is 4.76. The molecule has 0 saturated carbocycles. The van der Waals surface area contributed by atoms with Gasteiger partial charge in [0.1, 0.15) is 0 Å². The SMILES string of the molecule is CCOCCCNC(=O)C1CCN(c2nc3ccc(C)cc3[nH]2)CC1. The number of hydrogen-bond acceptors (Lipinski definition) is 4. The fourth-order valence-corrected chi connectivity index (χ4v) is 3.29. The number of fused-ring (bicyclic) bond motifs is 1. The van der Waals surface area contributed by atoms with E-state index in [0.29, 0.717) is 13.2 Å². The summed E-state index contributed by atoms with van der Waals surface area (Å²) >= 11 is 0. The molecule has 2 heterocycles. The van der Waals surface area contributed by atoms with Crippen molar-refractivity contribution in [2.45, 2.75) is 33.1 Å². The Bertz CT molecular complexity index is 705. The monoisotopic (exact) mass is 344 g/mol. The van der Waals surface area contributed by atoms with E-state index in [-0.39, 0.29) is 11.8 Å². The highest BCUT2D eigenvalue weighted by Gasteiger charge is 2.26. The van der Waals surface area contributed by atoms with Crippen LogP contribution in [0.15, 0.2) is 18.2 Å². The number of anilines is 1. The Morgan fingerprint density at radius 1 is 1.40 bits per heavy atom. The van der Waals surface area contributed by atoms with Gasteiger partial charge in [0.2, 0.25) is 11.9 Å². The Morgan fingerprint density at radius 3 is 2.96 bits per heavy atom. The second-order valence-corrected chi connectivity index (χ2v) is 6.68. The zero-order chi connectivity index (χ0) is 17.6. The zero-order valence-corrected chi connectivity index (χ0v) is 15.2. The Labute approximate surface area is 149 Å². The quantitative estimate of drug-likeness (QED) is 0.758. The number of hydrogen-bond donors (Lipinski definition) is 2. The van der Waals surface area contributed by atoms with Gasteiger partial charge in [-0.2, -0.15) is 0 Å². The summed E-state index contributed by atoms with van der Waals surface area (Å²) < 4.78 is 5.29. The number of nitrogens with one attached hydrogen (secondary N) is 2. The van der Waals surface area contributed by atoms with Crippen LogP contribution in [-0.2, 0) is 9.53 Å². The number of aromatic nitrogens is 2. The molecule has 6 nitrogen and oxygen atoms in total. The standard InChI is InChI=1S/C19H28N4O2/c1-3-25-12-4-9-20-18(24)15-7-10-23(11-8-15)19-21-16-6-5-14(2)13-17(16)22-19/h5-6,13,15H,3-4,7-12H2,1-2H3,(H,20,24)(H,21,22). The summed E-state index contributed by atoms with van der Waals surface area (Å²) in [6.07, 6.45) is 2.61. The maximum atomic E-state index is 12.3. The average molecular weight is 344 g/mol. The minimum absolute atomic E-state index is 0.106. The summed E-state index contributed by atoms with van der Waals surface area (Å²) in [5, 5.41) is 3.03. The molecule has 1 aromatic heterocycles. The van der Waals surface area contributed by atoms with Gasteiger partial charge in [0.25, 0.3) is 0 Å². The minimum atomic E-state index is 0.106. The number of carbonyl (C=O) groups excluding carboxylic acids is 1. The van der Waals surface area contributed by atoms with Gasteiger partial charge in [0.15, 0.2) is 0 Å². The van der Waals surface area contributed by atoms with Crippen LogP contribution in [-0.4, -0.2) is 48.7 Å². The molecule has 25 heavy (non-hydrogen) atoms. The van der Waals surface area contributed by atoms with E-state index in [4.69, 9.17) is 4.74 Å². The number of ether oxygens (including phenoxy) is 1. The van der Waals surface area contributed by atoms with Crippen LogP contribution in [0, 0.1) is 12.8 Å². The van der Waals surface area contributed by atoms with Gasteiger partial charge in [0, 0.05) is 38.8 Å². The Morgan fingerprint density at radius 2 is 2.20 bits per heavy atom. The first kappa shape index (κ1) is 17.7. The number of imidazole rings is 1. The zero-order valence-electron chi connectivity index (χ0n) is 15.2. The van der Waals surface area contributed by atoms with Crippen molar-refractivity contribution < 1.29 is 9.53 Å². The number of H-pyrrole nitrogens is 1. The molecule has 0 spiro atoms. The second kappa shape index (κ2) is 8.34. The number of aromatic amines is 1. The maximum Gasteiger partial charge on any atom is 0.223 e. The van der Waals surface area contributed by atoms with Gasteiger partial charge in [-0.25, -0.2) is 4.98 Å². The molecule has 0 aliphatic carbocycles. The number of nitrogens with zero attached hydrogens (tertiary/aromatic N) is 2. The van der Waals surface area contributed by atoms with E-state index in [1.807, 2.05) is 13.0 Å². The summed E-state index contributed by atoms with van der Waals surface area (Å²) in [5.41, 5.74) is 3.29. The molecule has 6 heteroatoms. The molecule has 1 aliphatic heterocycles. The van der Waals surface area contributed by atoms with Crippen LogP contribution in [0.3, 0.4) is 0 Å². The third kappa shape index (κ3) is 4.51.